The van der Waals surface area contributed by atoms with E-state index in [2.05, 4.69) is 16.7 Å². The van der Waals surface area contributed by atoms with E-state index in [0.29, 0.717) is 18.6 Å². The molecule has 4 rings (SSSR count). The third kappa shape index (κ3) is 4.50. The van der Waals surface area contributed by atoms with Gasteiger partial charge in [0, 0.05) is 19.5 Å². The van der Waals surface area contributed by atoms with Crippen LogP contribution in [-0.4, -0.2) is 58.5 Å². The van der Waals surface area contributed by atoms with E-state index in [1.165, 1.54) is 25.7 Å². The van der Waals surface area contributed by atoms with Gasteiger partial charge >= 0.3 is 0 Å². The molecule has 0 spiro atoms. The highest BCUT2D eigenvalue weighted by Crippen LogP contribution is 2.37. The molecule has 164 valence electrons. The van der Waals surface area contributed by atoms with Gasteiger partial charge in [-0.3, -0.25) is 9.59 Å². The summed E-state index contributed by atoms with van der Waals surface area (Å²) in [5.41, 5.74) is 0. The summed E-state index contributed by atoms with van der Waals surface area (Å²) in [5.74, 6) is 0.500. The highest BCUT2D eigenvalue weighted by molar-refractivity contribution is 5.81. The normalized spacial score (nSPS) is 36.6. The van der Waals surface area contributed by atoms with E-state index >= 15 is 0 Å². The molecule has 0 aromatic rings. The van der Waals surface area contributed by atoms with Crippen LogP contribution in [0.5, 0.6) is 0 Å². The van der Waals surface area contributed by atoms with Crippen LogP contribution in [0.15, 0.2) is 0 Å². The van der Waals surface area contributed by atoms with E-state index in [-0.39, 0.29) is 36.1 Å². The number of fused-ring (bicyclic) bond motifs is 1. The first-order valence-electron chi connectivity index (χ1n) is 12.3. The molecule has 1 aliphatic heterocycles. The molecule has 4 aliphatic rings. The van der Waals surface area contributed by atoms with Crippen LogP contribution in [-0.2, 0) is 14.3 Å². The molecule has 2 amide bonds. The number of nitrogens with zero attached hydrogens (tertiary/aromatic N) is 2. The number of hydrogen-bond acceptors (Lipinski definition) is 3. The minimum atomic E-state index is 0.0179. The lowest BCUT2D eigenvalue weighted by Crippen LogP contribution is -2.67. The van der Waals surface area contributed by atoms with Crippen LogP contribution >= 0.6 is 0 Å². The van der Waals surface area contributed by atoms with Crippen LogP contribution in [0.4, 0.5) is 0 Å². The summed E-state index contributed by atoms with van der Waals surface area (Å²) in [4.78, 5) is 30.4. The molecule has 5 atom stereocenters. The van der Waals surface area contributed by atoms with Gasteiger partial charge in [0.2, 0.25) is 11.8 Å². The first-order chi connectivity index (χ1) is 14.1. The average molecular weight is 405 g/mol. The quantitative estimate of drug-likeness (QED) is 0.705. The fraction of sp³-hybridized carbons (Fsp3) is 0.917. The van der Waals surface area contributed by atoms with E-state index in [1.54, 1.807) is 6.92 Å². The Balaban J connectivity index is 1.49. The summed E-state index contributed by atoms with van der Waals surface area (Å²) in [6, 6.07) is 0.515. The highest BCUT2D eigenvalue weighted by Gasteiger charge is 2.46. The fourth-order valence-electron chi connectivity index (χ4n) is 6.62. The Morgan fingerprint density at radius 2 is 1.41 bits per heavy atom. The van der Waals surface area contributed by atoms with Crippen molar-refractivity contribution in [1.29, 1.82) is 0 Å². The van der Waals surface area contributed by atoms with E-state index in [0.717, 1.165) is 57.8 Å². The second-order valence-electron chi connectivity index (χ2n) is 10.0. The maximum atomic E-state index is 13.8. The Labute approximate surface area is 176 Å². The first-order valence-corrected chi connectivity index (χ1v) is 12.3. The minimum absolute atomic E-state index is 0.0179. The monoisotopic (exact) mass is 404 g/mol. The van der Waals surface area contributed by atoms with E-state index in [4.69, 9.17) is 4.74 Å². The van der Waals surface area contributed by atoms with Crippen molar-refractivity contribution in [2.24, 2.45) is 5.92 Å². The maximum absolute atomic E-state index is 13.8. The van der Waals surface area contributed by atoms with Gasteiger partial charge < -0.3 is 14.5 Å². The van der Waals surface area contributed by atoms with Gasteiger partial charge in [0.25, 0.3) is 0 Å². The Morgan fingerprint density at radius 1 is 0.793 bits per heavy atom. The molecule has 0 aromatic heterocycles. The average Bonchev–Trinajstić information content (AvgIpc) is 2.73. The van der Waals surface area contributed by atoms with Crippen LogP contribution in [0.3, 0.4) is 0 Å². The van der Waals surface area contributed by atoms with Crippen molar-refractivity contribution in [3.05, 3.63) is 0 Å². The molecule has 0 N–H and O–H groups in total. The van der Waals surface area contributed by atoms with Crippen molar-refractivity contribution in [3.63, 3.8) is 0 Å². The zero-order valence-electron chi connectivity index (χ0n) is 18.5. The van der Waals surface area contributed by atoms with E-state index < -0.39 is 0 Å². The molecule has 0 radical (unpaired) electrons. The van der Waals surface area contributed by atoms with Gasteiger partial charge in [0.05, 0.1) is 30.2 Å². The third-order valence-corrected chi connectivity index (χ3v) is 7.97. The number of rotatable bonds is 3. The van der Waals surface area contributed by atoms with Crippen molar-refractivity contribution < 1.29 is 14.3 Å². The van der Waals surface area contributed by atoms with Crippen LogP contribution in [0.2, 0.25) is 0 Å². The van der Waals surface area contributed by atoms with Crippen molar-refractivity contribution in [3.8, 4) is 0 Å². The number of piperazine rings is 1. The predicted molar refractivity (Wildman–Crippen MR) is 113 cm³/mol. The van der Waals surface area contributed by atoms with Crippen LogP contribution in [0, 0.1) is 5.92 Å². The fourth-order valence-corrected chi connectivity index (χ4v) is 6.62. The van der Waals surface area contributed by atoms with Crippen molar-refractivity contribution in [2.45, 2.75) is 128 Å². The van der Waals surface area contributed by atoms with Gasteiger partial charge in [-0.25, -0.2) is 0 Å². The summed E-state index contributed by atoms with van der Waals surface area (Å²) in [6.07, 6.45) is 15.4. The Hall–Kier alpha value is -1.10. The van der Waals surface area contributed by atoms with Gasteiger partial charge in [-0.1, -0.05) is 44.9 Å². The molecule has 4 fully saturated rings. The van der Waals surface area contributed by atoms with Crippen molar-refractivity contribution >= 4 is 11.8 Å². The summed E-state index contributed by atoms with van der Waals surface area (Å²) < 4.78 is 6.57. The second-order valence-corrected chi connectivity index (χ2v) is 10.0. The van der Waals surface area contributed by atoms with Crippen LogP contribution in [0.25, 0.3) is 0 Å². The molecule has 3 aliphatic carbocycles. The topological polar surface area (TPSA) is 49.9 Å². The smallest absolute Gasteiger partial charge is 0.228 e. The van der Waals surface area contributed by atoms with Gasteiger partial charge in [-0.2, -0.15) is 0 Å². The zero-order chi connectivity index (χ0) is 20.4. The number of carbonyl (C=O) groups is 2. The Morgan fingerprint density at radius 3 is 2.14 bits per heavy atom. The molecule has 0 bridgehead atoms. The molecule has 3 saturated carbocycles. The van der Waals surface area contributed by atoms with Crippen LogP contribution in [0.1, 0.15) is 97.3 Å². The molecule has 29 heavy (non-hydrogen) atoms. The second kappa shape index (κ2) is 9.36. The number of ether oxygens (including phenoxy) is 1. The van der Waals surface area contributed by atoms with Gasteiger partial charge in [0.1, 0.15) is 0 Å². The highest BCUT2D eigenvalue weighted by atomic mass is 16.5. The standard InChI is InChI=1S/C24H40N2O3/c1-17-16-25(21-13-7-8-14-22(21)26(17)18(2)27)24(28)20-12-6-9-15-23(20)29-19-10-4-3-5-11-19/h17,19-23H,3-16H2,1-2H3/t17-,20?,21?,22?,23?/m0/s1. The number of carbonyl (C=O) groups excluding carboxylic acids is 2. The zero-order valence-corrected chi connectivity index (χ0v) is 18.5. The summed E-state index contributed by atoms with van der Waals surface area (Å²) in [7, 11) is 0. The Bertz CT molecular complexity index is 589. The SMILES string of the molecule is CC(=O)N1C2CCCCC2N(C(=O)C2CCCCC2OC2CCCCC2)C[C@@H]1C. The molecule has 4 unspecified atom stereocenters. The van der Waals surface area contributed by atoms with Gasteiger partial charge in [-0.15, -0.1) is 0 Å². The van der Waals surface area contributed by atoms with Crippen molar-refractivity contribution in [1.82, 2.24) is 9.80 Å². The molecule has 5 nitrogen and oxygen atoms in total. The molecule has 0 aromatic carbocycles. The predicted octanol–water partition coefficient (Wildman–Crippen LogP) is 4.28. The maximum Gasteiger partial charge on any atom is 0.228 e. The molecular formula is C24H40N2O3. The minimum Gasteiger partial charge on any atom is -0.374 e. The van der Waals surface area contributed by atoms with Crippen molar-refractivity contribution in [2.75, 3.05) is 6.54 Å². The van der Waals surface area contributed by atoms with E-state index in [1.807, 2.05) is 0 Å². The molecule has 5 heteroatoms. The van der Waals surface area contributed by atoms with Crippen LogP contribution < -0.4 is 0 Å². The first kappa shape index (κ1) is 21.1. The summed E-state index contributed by atoms with van der Waals surface area (Å²) in [5, 5.41) is 0. The third-order valence-electron chi connectivity index (χ3n) is 7.97. The lowest BCUT2D eigenvalue weighted by molar-refractivity contribution is -0.162. The number of amides is 2. The summed E-state index contributed by atoms with van der Waals surface area (Å²) in [6.45, 7) is 4.49. The molecule has 1 heterocycles. The lowest BCUT2D eigenvalue weighted by Gasteiger charge is -2.53. The number of hydrogen-bond donors (Lipinski definition) is 0. The van der Waals surface area contributed by atoms with Gasteiger partial charge in [-0.05, 0) is 45.4 Å². The summed E-state index contributed by atoms with van der Waals surface area (Å²) >= 11 is 0. The Kier molecular flexibility index (Phi) is 6.83. The van der Waals surface area contributed by atoms with E-state index in [9.17, 15) is 9.59 Å². The molecular weight excluding hydrogens is 364 g/mol. The van der Waals surface area contributed by atoms with Gasteiger partial charge in [0.15, 0.2) is 0 Å². The lowest BCUT2D eigenvalue weighted by atomic mass is 9.81. The largest absolute Gasteiger partial charge is 0.374 e. The molecule has 1 saturated heterocycles.